The van der Waals surface area contributed by atoms with E-state index in [9.17, 15) is 13.2 Å². The monoisotopic (exact) mass is 195 g/mol. The van der Waals surface area contributed by atoms with E-state index in [-0.39, 0.29) is 5.76 Å². The fourth-order valence-electron chi connectivity index (χ4n) is 1.18. The first kappa shape index (κ1) is 10.4. The highest BCUT2D eigenvalue weighted by Crippen LogP contribution is 2.25. The maximum atomic E-state index is 11.9. The third-order valence-electron chi connectivity index (χ3n) is 1.78. The van der Waals surface area contributed by atoms with E-state index in [1.807, 2.05) is 0 Å². The summed E-state index contributed by atoms with van der Waals surface area (Å²) < 4.78 is 40.7. The van der Waals surface area contributed by atoms with Crippen molar-refractivity contribution >= 4 is 0 Å². The van der Waals surface area contributed by atoms with Gasteiger partial charge >= 0.3 is 6.18 Å². The number of allylic oxidation sites excluding steroid dienone is 1. The van der Waals surface area contributed by atoms with Gasteiger partial charge in [-0.1, -0.05) is 0 Å². The second-order valence-corrected chi connectivity index (χ2v) is 3.02. The molecule has 76 valence electrons. The van der Waals surface area contributed by atoms with Gasteiger partial charge in [0.15, 0.2) is 0 Å². The molecule has 2 nitrogen and oxygen atoms in total. The highest BCUT2D eigenvalue weighted by Gasteiger charge is 2.32. The van der Waals surface area contributed by atoms with Crippen molar-refractivity contribution in [1.82, 2.24) is 0 Å². The fourth-order valence-corrected chi connectivity index (χ4v) is 1.18. The van der Waals surface area contributed by atoms with Gasteiger partial charge in [-0.15, -0.1) is 0 Å². The van der Waals surface area contributed by atoms with Crippen molar-refractivity contribution < 1.29 is 17.9 Å². The van der Waals surface area contributed by atoms with Gasteiger partial charge in [-0.3, -0.25) is 0 Å². The van der Waals surface area contributed by atoms with E-state index in [4.69, 9.17) is 10.5 Å². The summed E-state index contributed by atoms with van der Waals surface area (Å²) in [6.07, 6.45) is -2.00. The van der Waals surface area contributed by atoms with E-state index < -0.39 is 18.6 Å². The van der Waals surface area contributed by atoms with Crippen molar-refractivity contribution in [2.24, 2.45) is 5.73 Å². The molecule has 0 fully saturated rings. The van der Waals surface area contributed by atoms with Crippen molar-refractivity contribution in [2.75, 3.05) is 6.61 Å². The molecule has 0 bridgehead atoms. The van der Waals surface area contributed by atoms with E-state index >= 15 is 0 Å². The average molecular weight is 195 g/mol. The molecule has 0 spiro atoms. The molecule has 1 rings (SSSR count). The summed E-state index contributed by atoms with van der Waals surface area (Å²) in [7, 11) is 0. The molecule has 2 N–H and O–H groups in total. The van der Waals surface area contributed by atoms with Gasteiger partial charge in [-0.2, -0.15) is 13.2 Å². The average Bonchev–Trinajstić information content (AvgIpc) is 2.03. The molecule has 0 saturated carbocycles. The maximum Gasteiger partial charge on any atom is 0.391 e. The highest BCUT2D eigenvalue weighted by atomic mass is 19.4. The lowest BCUT2D eigenvalue weighted by molar-refractivity contribution is -0.138. The summed E-state index contributed by atoms with van der Waals surface area (Å²) in [4.78, 5) is 0. The topological polar surface area (TPSA) is 35.2 Å². The number of hydrogen-bond donors (Lipinski definition) is 1. The summed E-state index contributed by atoms with van der Waals surface area (Å²) in [6.45, 7) is 0.470. The van der Waals surface area contributed by atoms with Crippen LogP contribution in [0.3, 0.4) is 0 Å². The van der Waals surface area contributed by atoms with Gasteiger partial charge in [0.05, 0.1) is 19.1 Å². The van der Waals surface area contributed by atoms with Gasteiger partial charge in [0.1, 0.15) is 5.76 Å². The first-order chi connectivity index (χ1) is 5.99. The molecule has 0 aromatic rings. The van der Waals surface area contributed by atoms with Crippen LogP contribution in [0.5, 0.6) is 0 Å². The first-order valence-corrected chi connectivity index (χ1v) is 4.14. The van der Waals surface area contributed by atoms with Crippen LogP contribution in [0.25, 0.3) is 0 Å². The minimum atomic E-state index is -4.22. The van der Waals surface area contributed by atoms with Gasteiger partial charge in [0.2, 0.25) is 0 Å². The quantitative estimate of drug-likeness (QED) is 0.731. The number of alkyl halides is 3. The van der Waals surface area contributed by atoms with Gasteiger partial charge in [-0.25, -0.2) is 0 Å². The molecule has 1 aliphatic heterocycles. The Kier molecular flexibility index (Phi) is 3.19. The predicted molar refractivity (Wildman–Crippen MR) is 41.9 cm³/mol. The third kappa shape index (κ3) is 3.67. The Bertz CT molecular complexity index is 200. The van der Waals surface area contributed by atoms with Crippen molar-refractivity contribution in [1.29, 1.82) is 0 Å². The minimum Gasteiger partial charge on any atom is -0.497 e. The Hall–Kier alpha value is -0.710. The molecule has 1 aliphatic rings. The predicted octanol–water partition coefficient (Wildman–Crippen LogP) is 1.96. The van der Waals surface area contributed by atoms with E-state index in [2.05, 4.69) is 0 Å². The minimum absolute atomic E-state index is 0.281. The van der Waals surface area contributed by atoms with Crippen LogP contribution in [0, 0.1) is 0 Å². The largest absolute Gasteiger partial charge is 0.497 e. The molecule has 13 heavy (non-hydrogen) atoms. The van der Waals surface area contributed by atoms with E-state index in [0.29, 0.717) is 6.61 Å². The number of hydrogen-bond acceptors (Lipinski definition) is 2. The van der Waals surface area contributed by atoms with Crippen LogP contribution >= 0.6 is 0 Å². The molecular weight excluding hydrogens is 183 g/mol. The van der Waals surface area contributed by atoms with Crippen LogP contribution in [0.15, 0.2) is 11.8 Å². The summed E-state index contributed by atoms with van der Waals surface area (Å²) in [5, 5.41) is 0. The summed E-state index contributed by atoms with van der Waals surface area (Å²) >= 11 is 0. The van der Waals surface area contributed by atoms with Crippen molar-refractivity contribution in [2.45, 2.75) is 31.5 Å². The molecule has 5 heteroatoms. The Morgan fingerprint density at radius 2 is 2.23 bits per heavy atom. The zero-order chi connectivity index (χ0) is 9.90. The van der Waals surface area contributed by atoms with Crippen LogP contribution < -0.4 is 5.73 Å². The molecule has 0 saturated heterocycles. The molecule has 0 aromatic heterocycles. The van der Waals surface area contributed by atoms with Crippen LogP contribution in [0.4, 0.5) is 13.2 Å². The number of halogens is 3. The summed E-state index contributed by atoms with van der Waals surface area (Å²) in [6, 6.07) is -1.04. The molecule has 0 amide bonds. The molecule has 1 atom stereocenters. The zero-order valence-electron chi connectivity index (χ0n) is 7.10. The lowest BCUT2D eigenvalue weighted by Crippen LogP contribution is -2.31. The summed E-state index contributed by atoms with van der Waals surface area (Å²) in [5.74, 6) is 0.281. The first-order valence-electron chi connectivity index (χ1n) is 4.14. The molecule has 1 unspecified atom stereocenters. The third-order valence-corrected chi connectivity index (χ3v) is 1.78. The van der Waals surface area contributed by atoms with Crippen molar-refractivity contribution in [3.8, 4) is 0 Å². The Morgan fingerprint density at radius 3 is 2.69 bits per heavy atom. The second kappa shape index (κ2) is 4.00. The molecule has 1 heterocycles. The van der Waals surface area contributed by atoms with Crippen LogP contribution in [-0.2, 0) is 4.74 Å². The van der Waals surface area contributed by atoms with Gasteiger partial charge in [0, 0.05) is 0 Å². The van der Waals surface area contributed by atoms with Crippen LogP contribution in [0.2, 0.25) is 0 Å². The van der Waals surface area contributed by atoms with E-state index in [1.165, 1.54) is 0 Å². The van der Waals surface area contributed by atoms with E-state index in [0.717, 1.165) is 12.8 Å². The Balaban J connectivity index is 2.47. The van der Waals surface area contributed by atoms with Crippen molar-refractivity contribution in [3.63, 3.8) is 0 Å². The highest BCUT2D eigenvalue weighted by molar-refractivity contribution is 5.04. The second-order valence-electron chi connectivity index (χ2n) is 3.02. The van der Waals surface area contributed by atoms with Crippen LogP contribution in [0.1, 0.15) is 19.3 Å². The molecule has 0 aromatic carbocycles. The summed E-state index contributed by atoms with van der Waals surface area (Å²) in [5.41, 5.74) is 5.32. The normalized spacial score (nSPS) is 20.5. The van der Waals surface area contributed by atoms with Gasteiger partial charge in [0.25, 0.3) is 0 Å². The Morgan fingerprint density at radius 1 is 1.54 bits per heavy atom. The molecule has 0 aliphatic carbocycles. The molecular formula is C8H12F3NO. The van der Waals surface area contributed by atoms with E-state index in [1.54, 1.807) is 6.08 Å². The number of rotatable bonds is 2. The van der Waals surface area contributed by atoms with Crippen LogP contribution in [-0.4, -0.2) is 18.8 Å². The lowest BCUT2D eigenvalue weighted by atomic mass is 10.1. The standard InChI is InChI=1S/C8H12F3NO/c9-8(10,11)5-6(12)7-3-1-2-4-13-7/h3,6H,1-2,4-5,12H2. The Labute approximate surface area is 74.5 Å². The van der Waals surface area contributed by atoms with Gasteiger partial charge < -0.3 is 10.5 Å². The van der Waals surface area contributed by atoms with Crippen molar-refractivity contribution in [3.05, 3.63) is 11.8 Å². The fraction of sp³-hybridized carbons (Fsp3) is 0.750. The smallest absolute Gasteiger partial charge is 0.391 e. The SMILES string of the molecule is NC(CC(F)(F)F)C1=CCCCO1. The zero-order valence-corrected chi connectivity index (χ0v) is 7.10. The lowest BCUT2D eigenvalue weighted by Gasteiger charge is -2.21. The van der Waals surface area contributed by atoms with Gasteiger partial charge in [-0.05, 0) is 18.9 Å². The maximum absolute atomic E-state index is 11.9. The molecule has 0 radical (unpaired) electrons. The number of ether oxygens (including phenoxy) is 1. The number of nitrogens with two attached hydrogens (primary N) is 1.